The summed E-state index contributed by atoms with van der Waals surface area (Å²) in [6, 6.07) is 5.04. The predicted molar refractivity (Wildman–Crippen MR) is 81.5 cm³/mol. The summed E-state index contributed by atoms with van der Waals surface area (Å²) in [5, 5.41) is 0. The van der Waals surface area contributed by atoms with Crippen molar-refractivity contribution in [1.82, 2.24) is 4.98 Å². The van der Waals surface area contributed by atoms with Crippen LogP contribution in [0.3, 0.4) is 0 Å². The number of hydrogen-bond acceptors (Lipinski definition) is 3. The topological polar surface area (TPSA) is 42.2 Å². The molecular weight excluding hydrogens is 234 g/mol. The minimum atomic E-state index is 0.190. The maximum Gasteiger partial charge on any atom is 0.132 e. The van der Waals surface area contributed by atoms with Gasteiger partial charge in [-0.1, -0.05) is 25.8 Å². The molecule has 19 heavy (non-hydrogen) atoms. The lowest BCUT2D eigenvalue weighted by atomic mass is 10.0. The van der Waals surface area contributed by atoms with Crippen molar-refractivity contribution < 1.29 is 0 Å². The molecule has 106 valence electrons. The van der Waals surface area contributed by atoms with E-state index in [4.69, 9.17) is 5.73 Å². The van der Waals surface area contributed by atoms with E-state index < -0.39 is 0 Å². The van der Waals surface area contributed by atoms with Crippen molar-refractivity contribution in [2.24, 2.45) is 5.73 Å². The van der Waals surface area contributed by atoms with Crippen LogP contribution in [0.4, 0.5) is 5.82 Å². The molecule has 3 heteroatoms. The highest BCUT2D eigenvalue weighted by Crippen LogP contribution is 2.27. The minimum absolute atomic E-state index is 0.190. The van der Waals surface area contributed by atoms with Gasteiger partial charge in [0.1, 0.15) is 5.82 Å². The summed E-state index contributed by atoms with van der Waals surface area (Å²) in [7, 11) is 0. The summed E-state index contributed by atoms with van der Waals surface area (Å²) in [5.74, 6) is 1.17. The van der Waals surface area contributed by atoms with Crippen LogP contribution in [-0.2, 0) is 6.42 Å². The highest BCUT2D eigenvalue weighted by molar-refractivity contribution is 5.48. The van der Waals surface area contributed by atoms with Gasteiger partial charge in [0.15, 0.2) is 0 Å². The summed E-state index contributed by atoms with van der Waals surface area (Å²) < 4.78 is 0. The molecule has 2 unspecified atom stereocenters. The third-order valence-corrected chi connectivity index (χ3v) is 4.03. The Kier molecular flexibility index (Phi) is 5.20. The first-order valence-electron chi connectivity index (χ1n) is 7.68. The zero-order valence-electron chi connectivity index (χ0n) is 12.3. The monoisotopic (exact) mass is 261 g/mol. The van der Waals surface area contributed by atoms with E-state index in [0.29, 0.717) is 6.04 Å². The van der Waals surface area contributed by atoms with Gasteiger partial charge in [-0.2, -0.15) is 0 Å². The molecule has 1 aromatic heterocycles. The second kappa shape index (κ2) is 6.90. The maximum absolute atomic E-state index is 5.97. The number of nitrogens with zero attached hydrogens (tertiary/aromatic N) is 2. The molecule has 0 amide bonds. The number of nitrogens with two attached hydrogens (primary N) is 1. The van der Waals surface area contributed by atoms with Gasteiger partial charge in [0.25, 0.3) is 0 Å². The van der Waals surface area contributed by atoms with Crippen LogP contribution in [0.25, 0.3) is 0 Å². The highest BCUT2D eigenvalue weighted by Gasteiger charge is 2.22. The molecule has 0 saturated carbocycles. The Hall–Kier alpha value is -1.09. The van der Waals surface area contributed by atoms with E-state index in [2.05, 4.69) is 29.8 Å². The van der Waals surface area contributed by atoms with Crippen LogP contribution in [-0.4, -0.2) is 23.6 Å². The Balaban J connectivity index is 2.27. The zero-order chi connectivity index (χ0) is 13.7. The van der Waals surface area contributed by atoms with Crippen molar-refractivity contribution in [3.63, 3.8) is 0 Å². The molecule has 0 bridgehead atoms. The highest BCUT2D eigenvalue weighted by atomic mass is 15.2. The van der Waals surface area contributed by atoms with E-state index in [0.717, 1.165) is 13.0 Å². The predicted octanol–water partition coefficient (Wildman–Crippen LogP) is 3.13. The molecular formula is C16H27N3. The normalized spacial score (nSPS) is 22.1. The van der Waals surface area contributed by atoms with Crippen LogP contribution in [0.1, 0.15) is 51.5 Å². The lowest BCUT2D eigenvalue weighted by Crippen LogP contribution is -2.36. The van der Waals surface area contributed by atoms with Crippen molar-refractivity contribution in [2.75, 3.05) is 11.4 Å². The first kappa shape index (κ1) is 14.3. The molecule has 1 aliphatic heterocycles. The molecule has 2 N–H and O–H groups in total. The van der Waals surface area contributed by atoms with Gasteiger partial charge >= 0.3 is 0 Å². The van der Waals surface area contributed by atoms with Gasteiger partial charge in [0.05, 0.1) is 0 Å². The van der Waals surface area contributed by atoms with Crippen LogP contribution < -0.4 is 10.6 Å². The van der Waals surface area contributed by atoms with Gasteiger partial charge in [-0.25, -0.2) is 4.98 Å². The Morgan fingerprint density at radius 3 is 3.00 bits per heavy atom. The van der Waals surface area contributed by atoms with Gasteiger partial charge in [0.2, 0.25) is 0 Å². The molecule has 2 atom stereocenters. The number of rotatable bonds is 4. The largest absolute Gasteiger partial charge is 0.353 e. The van der Waals surface area contributed by atoms with Crippen molar-refractivity contribution in [2.45, 2.75) is 64.5 Å². The summed E-state index contributed by atoms with van der Waals surface area (Å²) in [5.41, 5.74) is 7.28. The first-order valence-corrected chi connectivity index (χ1v) is 7.68. The fraction of sp³-hybridized carbons (Fsp3) is 0.688. The number of anilines is 1. The third kappa shape index (κ3) is 3.69. The van der Waals surface area contributed by atoms with E-state index in [1.807, 2.05) is 12.3 Å². The molecule has 0 aromatic carbocycles. The first-order chi connectivity index (χ1) is 9.22. The van der Waals surface area contributed by atoms with Gasteiger partial charge in [-0.15, -0.1) is 0 Å². The van der Waals surface area contributed by atoms with E-state index in [1.165, 1.54) is 43.5 Å². The van der Waals surface area contributed by atoms with Crippen LogP contribution in [0, 0.1) is 0 Å². The van der Waals surface area contributed by atoms with Crippen molar-refractivity contribution in [3.8, 4) is 0 Å². The molecule has 1 fully saturated rings. The molecule has 0 radical (unpaired) electrons. The summed E-state index contributed by atoms with van der Waals surface area (Å²) in [6.45, 7) is 5.50. The summed E-state index contributed by atoms with van der Waals surface area (Å²) >= 11 is 0. The number of hydrogen-bond donors (Lipinski definition) is 1. The van der Waals surface area contributed by atoms with Crippen LogP contribution in [0.5, 0.6) is 0 Å². The van der Waals surface area contributed by atoms with Crippen molar-refractivity contribution >= 4 is 5.82 Å². The second-order valence-corrected chi connectivity index (χ2v) is 5.77. The summed E-state index contributed by atoms with van der Waals surface area (Å²) in [6.07, 6.45) is 9.31. The van der Waals surface area contributed by atoms with Gasteiger partial charge in [0, 0.05) is 24.8 Å². The molecule has 2 heterocycles. The van der Waals surface area contributed by atoms with Crippen LogP contribution in [0.15, 0.2) is 18.3 Å². The maximum atomic E-state index is 5.97. The standard InChI is InChI=1S/C16H27N3/c1-3-15-9-5-4-6-11-19(15)16-14(12-13(2)17)8-7-10-18-16/h7-8,10,13,15H,3-6,9,11-12,17H2,1-2H3. The van der Waals surface area contributed by atoms with E-state index in [-0.39, 0.29) is 6.04 Å². The average molecular weight is 261 g/mol. The van der Waals surface area contributed by atoms with E-state index in [9.17, 15) is 0 Å². The van der Waals surface area contributed by atoms with Gasteiger partial charge in [-0.3, -0.25) is 0 Å². The van der Waals surface area contributed by atoms with Crippen LogP contribution >= 0.6 is 0 Å². The molecule has 1 saturated heterocycles. The zero-order valence-corrected chi connectivity index (χ0v) is 12.3. The Labute approximate surface area is 117 Å². The van der Waals surface area contributed by atoms with Crippen molar-refractivity contribution in [1.29, 1.82) is 0 Å². The number of aromatic nitrogens is 1. The molecule has 0 aliphatic carbocycles. The Bertz CT molecular complexity index is 389. The fourth-order valence-corrected chi connectivity index (χ4v) is 3.08. The fourth-order valence-electron chi connectivity index (χ4n) is 3.08. The SMILES string of the molecule is CCC1CCCCCN1c1ncccc1CC(C)N. The molecule has 1 aliphatic rings. The summed E-state index contributed by atoms with van der Waals surface area (Å²) in [4.78, 5) is 7.20. The van der Waals surface area contributed by atoms with Gasteiger partial charge < -0.3 is 10.6 Å². The lowest BCUT2D eigenvalue weighted by Gasteiger charge is -2.32. The Morgan fingerprint density at radius 1 is 1.42 bits per heavy atom. The van der Waals surface area contributed by atoms with E-state index >= 15 is 0 Å². The Morgan fingerprint density at radius 2 is 2.26 bits per heavy atom. The molecule has 1 aromatic rings. The average Bonchev–Trinajstić information content (AvgIpc) is 2.63. The smallest absolute Gasteiger partial charge is 0.132 e. The molecule has 3 nitrogen and oxygen atoms in total. The van der Waals surface area contributed by atoms with Gasteiger partial charge in [-0.05, 0) is 44.2 Å². The quantitative estimate of drug-likeness (QED) is 0.905. The minimum Gasteiger partial charge on any atom is -0.353 e. The third-order valence-electron chi connectivity index (χ3n) is 4.03. The second-order valence-electron chi connectivity index (χ2n) is 5.77. The molecule has 0 spiro atoms. The van der Waals surface area contributed by atoms with E-state index in [1.54, 1.807) is 0 Å². The number of pyridine rings is 1. The lowest BCUT2D eigenvalue weighted by molar-refractivity contribution is 0.549. The van der Waals surface area contributed by atoms with Crippen molar-refractivity contribution in [3.05, 3.63) is 23.9 Å². The molecule has 2 rings (SSSR count). The van der Waals surface area contributed by atoms with Crippen LogP contribution in [0.2, 0.25) is 0 Å².